The second-order valence-corrected chi connectivity index (χ2v) is 6.72. The van der Waals surface area contributed by atoms with Gasteiger partial charge in [0, 0.05) is 28.8 Å². The number of hydrogen-bond donors (Lipinski definition) is 2. The van der Waals surface area contributed by atoms with Crippen molar-refractivity contribution in [1.82, 2.24) is 4.98 Å². The maximum atomic E-state index is 3.73. The van der Waals surface area contributed by atoms with Crippen molar-refractivity contribution in [2.75, 3.05) is 5.32 Å². The minimum Gasteiger partial charge on any atom is -0.382 e. The van der Waals surface area contributed by atoms with Gasteiger partial charge in [-0.2, -0.15) is 0 Å². The van der Waals surface area contributed by atoms with Crippen LogP contribution in [-0.2, 0) is 0 Å². The second kappa shape index (κ2) is 4.92. The van der Waals surface area contributed by atoms with E-state index in [-0.39, 0.29) is 0 Å². The van der Waals surface area contributed by atoms with E-state index in [1.165, 1.54) is 48.7 Å². The zero-order chi connectivity index (χ0) is 13.3. The molecule has 1 heterocycles. The average Bonchev–Trinajstić information content (AvgIpc) is 2.76. The van der Waals surface area contributed by atoms with Crippen LogP contribution in [-0.4, -0.2) is 11.0 Å². The Morgan fingerprint density at radius 1 is 1.16 bits per heavy atom. The number of anilines is 1. The van der Waals surface area contributed by atoms with E-state index in [1.54, 1.807) is 0 Å². The van der Waals surface area contributed by atoms with Crippen LogP contribution in [0, 0.1) is 5.41 Å². The Hall–Kier alpha value is -1.44. The predicted octanol–water partition coefficient (Wildman–Crippen LogP) is 4.94. The van der Waals surface area contributed by atoms with Crippen molar-refractivity contribution in [3.63, 3.8) is 0 Å². The molecule has 0 saturated heterocycles. The fourth-order valence-corrected chi connectivity index (χ4v) is 3.18. The van der Waals surface area contributed by atoms with Gasteiger partial charge in [0.15, 0.2) is 0 Å². The van der Waals surface area contributed by atoms with Gasteiger partial charge in [-0.25, -0.2) is 0 Å². The molecular weight excluding hydrogens is 232 g/mol. The summed E-state index contributed by atoms with van der Waals surface area (Å²) < 4.78 is 0. The Kier molecular flexibility index (Phi) is 3.26. The number of aromatic nitrogens is 1. The first-order chi connectivity index (χ1) is 9.12. The standard InChI is InChI=1S/C17H24N2/c1-17(2)9-3-4-14(7-10-17)19-15-5-6-16-13(12-15)8-11-18-16/h5-6,8,11-12,14,18-19H,3-4,7,9-10H2,1-2H3. The van der Waals surface area contributed by atoms with Crippen molar-refractivity contribution in [3.05, 3.63) is 30.5 Å². The molecular formula is C17H24N2. The smallest absolute Gasteiger partial charge is 0.0455 e. The Labute approximate surface area is 115 Å². The fourth-order valence-electron chi connectivity index (χ4n) is 3.18. The van der Waals surface area contributed by atoms with Crippen molar-refractivity contribution in [3.8, 4) is 0 Å². The second-order valence-electron chi connectivity index (χ2n) is 6.72. The topological polar surface area (TPSA) is 27.8 Å². The van der Waals surface area contributed by atoms with E-state index in [0.717, 1.165) is 0 Å². The van der Waals surface area contributed by atoms with E-state index in [4.69, 9.17) is 0 Å². The lowest BCUT2D eigenvalue weighted by molar-refractivity contribution is 0.313. The molecule has 1 aromatic heterocycles. The largest absolute Gasteiger partial charge is 0.382 e. The van der Waals surface area contributed by atoms with Crippen molar-refractivity contribution in [2.45, 2.75) is 52.0 Å². The van der Waals surface area contributed by atoms with Crippen LogP contribution in [0.4, 0.5) is 5.69 Å². The lowest BCUT2D eigenvalue weighted by Gasteiger charge is -2.22. The summed E-state index contributed by atoms with van der Waals surface area (Å²) in [6.45, 7) is 4.81. The van der Waals surface area contributed by atoms with Crippen LogP contribution in [0.1, 0.15) is 46.0 Å². The Morgan fingerprint density at radius 2 is 2.05 bits per heavy atom. The van der Waals surface area contributed by atoms with E-state index in [0.29, 0.717) is 11.5 Å². The molecule has 0 radical (unpaired) electrons. The summed E-state index contributed by atoms with van der Waals surface area (Å²) in [6.07, 6.45) is 8.63. The summed E-state index contributed by atoms with van der Waals surface area (Å²) in [5, 5.41) is 5.02. The molecule has 1 unspecified atom stereocenters. The Morgan fingerprint density at radius 3 is 2.95 bits per heavy atom. The molecule has 0 spiro atoms. The number of H-pyrrole nitrogens is 1. The molecule has 2 aromatic rings. The summed E-state index contributed by atoms with van der Waals surface area (Å²) >= 11 is 0. The predicted molar refractivity (Wildman–Crippen MR) is 82.6 cm³/mol. The van der Waals surface area contributed by atoms with E-state index < -0.39 is 0 Å². The molecule has 0 aliphatic heterocycles. The third-order valence-corrected chi connectivity index (χ3v) is 4.50. The SMILES string of the molecule is CC1(C)CCCC(Nc2ccc3[nH]ccc3c2)CC1. The molecule has 2 heteroatoms. The van der Waals surface area contributed by atoms with Gasteiger partial charge in [0.2, 0.25) is 0 Å². The molecule has 2 N–H and O–H groups in total. The quantitative estimate of drug-likeness (QED) is 0.732. The molecule has 1 aromatic carbocycles. The van der Waals surface area contributed by atoms with Gasteiger partial charge < -0.3 is 10.3 Å². The van der Waals surface area contributed by atoms with Gasteiger partial charge in [0.05, 0.1) is 0 Å². The third kappa shape index (κ3) is 2.94. The first-order valence-electron chi connectivity index (χ1n) is 7.46. The number of fused-ring (bicyclic) bond motifs is 1. The fraction of sp³-hybridized carbons (Fsp3) is 0.529. The molecule has 19 heavy (non-hydrogen) atoms. The number of benzene rings is 1. The van der Waals surface area contributed by atoms with Crippen LogP contribution in [0.5, 0.6) is 0 Å². The molecule has 102 valence electrons. The Bertz CT molecular complexity index is 553. The van der Waals surface area contributed by atoms with Gasteiger partial charge >= 0.3 is 0 Å². The molecule has 1 aliphatic rings. The molecule has 1 aliphatic carbocycles. The van der Waals surface area contributed by atoms with Crippen LogP contribution >= 0.6 is 0 Å². The minimum atomic E-state index is 0.529. The van der Waals surface area contributed by atoms with Crippen LogP contribution in [0.3, 0.4) is 0 Å². The highest BCUT2D eigenvalue weighted by Crippen LogP contribution is 2.34. The summed E-state index contributed by atoms with van der Waals surface area (Å²) in [6, 6.07) is 9.38. The van der Waals surface area contributed by atoms with Gasteiger partial charge in [-0.1, -0.05) is 20.3 Å². The lowest BCUT2D eigenvalue weighted by atomic mass is 9.85. The van der Waals surface area contributed by atoms with E-state index in [9.17, 15) is 0 Å². The third-order valence-electron chi connectivity index (χ3n) is 4.50. The highest BCUT2D eigenvalue weighted by molar-refractivity contribution is 5.83. The first-order valence-corrected chi connectivity index (χ1v) is 7.46. The molecule has 1 fully saturated rings. The van der Waals surface area contributed by atoms with Gasteiger partial charge in [0.1, 0.15) is 0 Å². The van der Waals surface area contributed by atoms with Crippen LogP contribution < -0.4 is 5.32 Å². The van der Waals surface area contributed by atoms with Crippen molar-refractivity contribution >= 4 is 16.6 Å². The van der Waals surface area contributed by atoms with Crippen molar-refractivity contribution in [1.29, 1.82) is 0 Å². The maximum absolute atomic E-state index is 3.73. The summed E-state index contributed by atoms with van der Waals surface area (Å²) in [5.41, 5.74) is 3.01. The van der Waals surface area contributed by atoms with E-state index in [2.05, 4.69) is 48.4 Å². The van der Waals surface area contributed by atoms with Gasteiger partial charge in [-0.15, -0.1) is 0 Å². The van der Waals surface area contributed by atoms with Crippen LogP contribution in [0.15, 0.2) is 30.5 Å². The number of hydrogen-bond acceptors (Lipinski definition) is 1. The lowest BCUT2D eigenvalue weighted by Crippen LogP contribution is -2.19. The summed E-state index contributed by atoms with van der Waals surface area (Å²) in [7, 11) is 0. The summed E-state index contributed by atoms with van der Waals surface area (Å²) in [5.74, 6) is 0. The molecule has 0 amide bonds. The van der Waals surface area contributed by atoms with Crippen molar-refractivity contribution in [2.24, 2.45) is 5.41 Å². The molecule has 0 bridgehead atoms. The highest BCUT2D eigenvalue weighted by Gasteiger charge is 2.24. The molecule has 1 atom stereocenters. The first kappa shape index (κ1) is 12.6. The van der Waals surface area contributed by atoms with Gasteiger partial charge in [-0.05, 0) is 55.4 Å². The normalized spacial score (nSPS) is 23.2. The zero-order valence-corrected chi connectivity index (χ0v) is 12.0. The Balaban J connectivity index is 1.70. The minimum absolute atomic E-state index is 0.529. The van der Waals surface area contributed by atoms with Crippen molar-refractivity contribution < 1.29 is 0 Å². The van der Waals surface area contributed by atoms with Crippen LogP contribution in [0.2, 0.25) is 0 Å². The van der Waals surface area contributed by atoms with E-state index >= 15 is 0 Å². The number of rotatable bonds is 2. The maximum Gasteiger partial charge on any atom is 0.0455 e. The van der Waals surface area contributed by atoms with E-state index in [1.807, 2.05) is 6.20 Å². The average molecular weight is 256 g/mol. The molecule has 1 saturated carbocycles. The van der Waals surface area contributed by atoms with Gasteiger partial charge in [0.25, 0.3) is 0 Å². The number of nitrogens with one attached hydrogen (secondary N) is 2. The molecule has 3 rings (SSSR count). The van der Waals surface area contributed by atoms with Crippen LogP contribution in [0.25, 0.3) is 10.9 Å². The number of aromatic amines is 1. The molecule has 2 nitrogen and oxygen atoms in total. The zero-order valence-electron chi connectivity index (χ0n) is 12.0. The highest BCUT2D eigenvalue weighted by atomic mass is 14.9. The monoisotopic (exact) mass is 256 g/mol. The van der Waals surface area contributed by atoms with Gasteiger partial charge in [-0.3, -0.25) is 0 Å². The summed E-state index contributed by atoms with van der Waals surface area (Å²) in [4.78, 5) is 3.24.